The number of aromatic nitrogens is 1. The molecule has 4 rings (SSSR count). The van der Waals surface area contributed by atoms with E-state index in [0.717, 1.165) is 29.5 Å². The molecule has 1 aromatic heterocycles. The number of carbonyl (C=O) groups excluding carboxylic acids is 1. The van der Waals surface area contributed by atoms with E-state index in [1.807, 2.05) is 47.2 Å². The number of aliphatic hydroxyl groups excluding tert-OH is 1. The Morgan fingerprint density at radius 3 is 2.64 bits per heavy atom. The zero-order chi connectivity index (χ0) is 19.7. The minimum Gasteiger partial charge on any atom is -0.390 e. The molecule has 0 bridgehead atoms. The molecular weight excluding hydrogens is 352 g/mol. The van der Waals surface area contributed by atoms with Gasteiger partial charge in [0.25, 0.3) is 0 Å². The van der Waals surface area contributed by atoms with Crippen LogP contribution < -0.4 is 5.73 Å². The van der Waals surface area contributed by atoms with Crippen LogP contribution in [-0.2, 0) is 16.8 Å². The second-order valence-electron chi connectivity index (χ2n) is 8.12. The molecule has 2 atom stereocenters. The van der Waals surface area contributed by atoms with Crippen LogP contribution in [-0.4, -0.2) is 58.6 Å². The average Bonchev–Trinajstić information content (AvgIpc) is 2.92. The molecule has 0 unspecified atom stereocenters. The van der Waals surface area contributed by atoms with Gasteiger partial charge in [-0.2, -0.15) is 0 Å². The van der Waals surface area contributed by atoms with Crippen molar-refractivity contribution >= 4 is 5.91 Å². The molecule has 1 amide bonds. The molecule has 6 nitrogen and oxygen atoms in total. The molecule has 148 valence electrons. The summed E-state index contributed by atoms with van der Waals surface area (Å²) in [5, 5.41) is 10.9. The number of fused-ring (bicyclic) bond motifs is 2. The topological polar surface area (TPSA) is 82.7 Å². The molecule has 1 aromatic carbocycles. The summed E-state index contributed by atoms with van der Waals surface area (Å²) in [5.41, 5.74) is 9.32. The Kier molecular flexibility index (Phi) is 5.19. The highest BCUT2D eigenvalue weighted by molar-refractivity contribution is 5.78. The number of likely N-dealkylation sites (tertiary alicyclic amines) is 1. The average molecular weight is 380 g/mol. The molecule has 1 spiro atoms. The monoisotopic (exact) mass is 380 g/mol. The van der Waals surface area contributed by atoms with Crippen LogP contribution in [0.5, 0.6) is 0 Å². The first-order chi connectivity index (χ1) is 13.5. The number of hydrogen-bond acceptors (Lipinski definition) is 5. The fourth-order valence-corrected chi connectivity index (χ4v) is 4.82. The predicted octanol–water partition coefficient (Wildman–Crippen LogP) is 1.45. The molecule has 0 radical (unpaired) electrons. The SMILES string of the molecule is CN(CC(=O)N1CCC2(CC1)c1ccccc1[C@@H](N)[C@@H]2O)Cc1ccncc1. The third-order valence-electron chi connectivity index (χ3n) is 6.38. The maximum Gasteiger partial charge on any atom is 0.236 e. The zero-order valence-corrected chi connectivity index (χ0v) is 16.3. The fourth-order valence-electron chi connectivity index (χ4n) is 4.82. The number of rotatable bonds is 4. The van der Waals surface area contributed by atoms with Crippen molar-refractivity contribution in [2.45, 2.75) is 36.9 Å². The highest BCUT2D eigenvalue weighted by Crippen LogP contribution is 2.49. The number of aliphatic hydroxyl groups is 1. The third-order valence-corrected chi connectivity index (χ3v) is 6.38. The molecule has 6 heteroatoms. The van der Waals surface area contributed by atoms with Gasteiger partial charge in [0.15, 0.2) is 0 Å². The first-order valence-corrected chi connectivity index (χ1v) is 9.89. The molecule has 3 N–H and O–H groups in total. The molecule has 1 fully saturated rings. The van der Waals surface area contributed by atoms with Crippen LogP contribution in [0.4, 0.5) is 0 Å². The number of likely N-dealkylation sites (N-methyl/N-ethyl adjacent to an activating group) is 1. The molecule has 1 saturated heterocycles. The second kappa shape index (κ2) is 7.62. The van der Waals surface area contributed by atoms with E-state index in [9.17, 15) is 9.90 Å². The smallest absolute Gasteiger partial charge is 0.236 e. The van der Waals surface area contributed by atoms with Crippen molar-refractivity contribution in [3.63, 3.8) is 0 Å². The summed E-state index contributed by atoms with van der Waals surface area (Å²) in [7, 11) is 1.96. The van der Waals surface area contributed by atoms with Crippen molar-refractivity contribution in [1.82, 2.24) is 14.8 Å². The Morgan fingerprint density at radius 2 is 1.93 bits per heavy atom. The normalized spacial score (nSPS) is 23.2. The van der Waals surface area contributed by atoms with E-state index in [1.165, 1.54) is 0 Å². The fraction of sp³-hybridized carbons (Fsp3) is 0.455. The summed E-state index contributed by atoms with van der Waals surface area (Å²) >= 11 is 0. The Bertz CT molecular complexity index is 833. The van der Waals surface area contributed by atoms with Crippen LogP contribution >= 0.6 is 0 Å². The Hall–Kier alpha value is -2.28. The van der Waals surface area contributed by atoms with Crippen LogP contribution in [0.2, 0.25) is 0 Å². The standard InChI is InChI=1S/C22H28N4O2/c1-25(14-16-6-10-24-11-7-16)15-19(27)26-12-8-22(9-13-26)18-5-3-2-4-17(18)20(23)21(22)28/h2-7,10-11,20-21,28H,8-9,12-15,23H2,1H3/t20-,21+/m1/s1. The lowest BCUT2D eigenvalue weighted by Crippen LogP contribution is -2.51. The van der Waals surface area contributed by atoms with Crippen LogP contribution in [0.15, 0.2) is 48.8 Å². The molecule has 0 saturated carbocycles. The molecule has 28 heavy (non-hydrogen) atoms. The van der Waals surface area contributed by atoms with Gasteiger partial charge in [0.05, 0.1) is 18.7 Å². The number of hydrogen-bond donors (Lipinski definition) is 2. The summed E-state index contributed by atoms with van der Waals surface area (Å²) in [4.78, 5) is 20.8. The number of benzene rings is 1. The van der Waals surface area contributed by atoms with Gasteiger partial charge in [0.1, 0.15) is 0 Å². The van der Waals surface area contributed by atoms with Crippen molar-refractivity contribution in [3.05, 3.63) is 65.5 Å². The Balaban J connectivity index is 1.38. The number of amides is 1. The van der Waals surface area contributed by atoms with Crippen LogP contribution in [0.25, 0.3) is 0 Å². The lowest BCUT2D eigenvalue weighted by Gasteiger charge is -2.42. The lowest BCUT2D eigenvalue weighted by atomic mass is 9.72. The van der Waals surface area contributed by atoms with E-state index in [4.69, 9.17) is 5.73 Å². The lowest BCUT2D eigenvalue weighted by molar-refractivity contribution is -0.134. The predicted molar refractivity (Wildman–Crippen MR) is 107 cm³/mol. The molecule has 1 aliphatic heterocycles. The van der Waals surface area contributed by atoms with E-state index in [1.54, 1.807) is 12.4 Å². The first kappa shape index (κ1) is 19.1. The van der Waals surface area contributed by atoms with E-state index in [0.29, 0.717) is 26.2 Å². The van der Waals surface area contributed by atoms with Crippen molar-refractivity contribution in [2.75, 3.05) is 26.7 Å². The summed E-state index contributed by atoms with van der Waals surface area (Å²) in [5.74, 6) is 0.136. The largest absolute Gasteiger partial charge is 0.390 e. The maximum atomic E-state index is 12.8. The number of pyridine rings is 1. The molecular formula is C22H28N4O2. The summed E-state index contributed by atoms with van der Waals surface area (Å²) in [6.07, 6.45) is 4.45. The summed E-state index contributed by atoms with van der Waals surface area (Å²) < 4.78 is 0. The van der Waals surface area contributed by atoms with E-state index < -0.39 is 6.10 Å². The number of nitrogens with zero attached hydrogens (tertiary/aromatic N) is 3. The number of carbonyl (C=O) groups is 1. The Labute approximate surface area is 166 Å². The van der Waals surface area contributed by atoms with Gasteiger partial charge in [-0.1, -0.05) is 24.3 Å². The molecule has 1 aliphatic carbocycles. The van der Waals surface area contributed by atoms with Gasteiger partial charge in [0.2, 0.25) is 5.91 Å². The van der Waals surface area contributed by atoms with Crippen LogP contribution in [0, 0.1) is 0 Å². The van der Waals surface area contributed by atoms with Gasteiger partial charge < -0.3 is 15.7 Å². The number of nitrogens with two attached hydrogens (primary N) is 1. The minimum atomic E-state index is -0.587. The van der Waals surface area contributed by atoms with E-state index in [-0.39, 0.29) is 17.4 Å². The summed E-state index contributed by atoms with van der Waals surface area (Å²) in [6.45, 7) is 2.40. The number of piperidine rings is 1. The van der Waals surface area contributed by atoms with Gasteiger partial charge in [-0.3, -0.25) is 14.7 Å². The summed E-state index contributed by atoms with van der Waals surface area (Å²) in [6, 6.07) is 11.7. The molecule has 2 aromatic rings. The van der Waals surface area contributed by atoms with Crippen molar-refractivity contribution < 1.29 is 9.90 Å². The van der Waals surface area contributed by atoms with Gasteiger partial charge >= 0.3 is 0 Å². The first-order valence-electron chi connectivity index (χ1n) is 9.89. The van der Waals surface area contributed by atoms with E-state index in [2.05, 4.69) is 11.1 Å². The van der Waals surface area contributed by atoms with Crippen molar-refractivity contribution in [3.8, 4) is 0 Å². The highest BCUT2D eigenvalue weighted by Gasteiger charge is 2.51. The van der Waals surface area contributed by atoms with Crippen molar-refractivity contribution in [1.29, 1.82) is 0 Å². The molecule has 2 aliphatic rings. The molecule has 2 heterocycles. The van der Waals surface area contributed by atoms with Gasteiger partial charge in [-0.25, -0.2) is 0 Å². The van der Waals surface area contributed by atoms with Gasteiger partial charge in [-0.05, 0) is 48.7 Å². The van der Waals surface area contributed by atoms with Gasteiger partial charge in [-0.15, -0.1) is 0 Å². The zero-order valence-electron chi connectivity index (χ0n) is 16.3. The van der Waals surface area contributed by atoms with E-state index >= 15 is 0 Å². The quantitative estimate of drug-likeness (QED) is 0.839. The van der Waals surface area contributed by atoms with Crippen LogP contribution in [0.3, 0.4) is 0 Å². The van der Waals surface area contributed by atoms with Crippen molar-refractivity contribution in [2.24, 2.45) is 5.73 Å². The highest BCUT2D eigenvalue weighted by atomic mass is 16.3. The van der Waals surface area contributed by atoms with Gasteiger partial charge in [0, 0.05) is 37.4 Å². The Morgan fingerprint density at radius 1 is 1.25 bits per heavy atom. The third kappa shape index (κ3) is 3.32. The van der Waals surface area contributed by atoms with Crippen LogP contribution in [0.1, 0.15) is 35.6 Å². The maximum absolute atomic E-state index is 12.8. The minimum absolute atomic E-state index is 0.136. The second-order valence-corrected chi connectivity index (χ2v) is 8.12.